The van der Waals surface area contributed by atoms with Crippen molar-refractivity contribution in [3.8, 4) is 11.5 Å². The van der Waals surface area contributed by atoms with E-state index in [0.717, 1.165) is 12.1 Å². The molecule has 0 aliphatic heterocycles. The van der Waals surface area contributed by atoms with E-state index in [1.807, 2.05) is 0 Å². The Kier molecular flexibility index (Phi) is 3.11. The fourth-order valence-electron chi connectivity index (χ4n) is 1.11. The molecule has 0 aliphatic rings. The normalized spacial score (nSPS) is 12.2. The van der Waals surface area contributed by atoms with Crippen LogP contribution in [0.15, 0.2) is 12.1 Å². The van der Waals surface area contributed by atoms with E-state index in [9.17, 15) is 9.18 Å². The molecule has 0 amide bonds. The number of ether oxygens (including phenoxy) is 1. The van der Waals surface area contributed by atoms with Crippen molar-refractivity contribution in [3.05, 3.63) is 23.5 Å². The van der Waals surface area contributed by atoms with Crippen LogP contribution in [0.5, 0.6) is 11.5 Å². The second-order valence-corrected chi connectivity index (χ2v) is 2.86. The number of carboxylic acid groups (broad SMARTS) is 1. The number of aliphatic carboxylic acids is 1. The Morgan fingerprint density at radius 3 is 2.67 bits per heavy atom. The number of carboxylic acids is 1. The number of benzene rings is 1. The molecule has 0 saturated carbocycles. The van der Waals surface area contributed by atoms with Crippen LogP contribution in [0, 0.1) is 5.82 Å². The summed E-state index contributed by atoms with van der Waals surface area (Å²) in [5.41, 5.74) is 5.34. The summed E-state index contributed by atoms with van der Waals surface area (Å²) in [7, 11) is 1.25. The monoisotopic (exact) mass is 215 g/mol. The quantitative estimate of drug-likeness (QED) is 0.687. The van der Waals surface area contributed by atoms with Crippen molar-refractivity contribution in [1.82, 2.24) is 0 Å². The van der Waals surface area contributed by atoms with Gasteiger partial charge in [0.15, 0.2) is 11.6 Å². The summed E-state index contributed by atoms with van der Waals surface area (Å²) >= 11 is 0. The van der Waals surface area contributed by atoms with E-state index in [0.29, 0.717) is 0 Å². The van der Waals surface area contributed by atoms with Crippen LogP contribution in [0.1, 0.15) is 11.6 Å². The fraction of sp³-hybridized carbons (Fsp3) is 0.222. The highest BCUT2D eigenvalue weighted by atomic mass is 19.1. The summed E-state index contributed by atoms with van der Waals surface area (Å²) in [5, 5.41) is 17.7. The van der Waals surface area contributed by atoms with E-state index >= 15 is 0 Å². The number of carbonyl (C=O) groups is 1. The van der Waals surface area contributed by atoms with E-state index in [2.05, 4.69) is 0 Å². The van der Waals surface area contributed by atoms with Crippen molar-refractivity contribution in [3.63, 3.8) is 0 Å². The molecule has 1 rings (SSSR count). The van der Waals surface area contributed by atoms with Gasteiger partial charge in [-0.3, -0.25) is 4.79 Å². The minimum Gasteiger partial charge on any atom is -0.505 e. The van der Waals surface area contributed by atoms with Crippen LogP contribution in [0.2, 0.25) is 0 Å². The first-order valence-electron chi connectivity index (χ1n) is 4.02. The third-order valence-electron chi connectivity index (χ3n) is 1.90. The van der Waals surface area contributed by atoms with Crippen molar-refractivity contribution < 1.29 is 24.1 Å². The molecule has 0 saturated heterocycles. The zero-order chi connectivity index (χ0) is 11.6. The van der Waals surface area contributed by atoms with Gasteiger partial charge in [0.05, 0.1) is 7.11 Å². The van der Waals surface area contributed by atoms with Gasteiger partial charge in [0.2, 0.25) is 0 Å². The first-order valence-corrected chi connectivity index (χ1v) is 4.02. The van der Waals surface area contributed by atoms with E-state index in [-0.39, 0.29) is 11.3 Å². The molecule has 0 fully saturated rings. The van der Waals surface area contributed by atoms with Gasteiger partial charge in [0.25, 0.3) is 0 Å². The molecule has 0 heterocycles. The number of hydrogen-bond donors (Lipinski definition) is 3. The van der Waals surface area contributed by atoms with Gasteiger partial charge < -0.3 is 20.7 Å². The Hall–Kier alpha value is -1.82. The van der Waals surface area contributed by atoms with Crippen molar-refractivity contribution in [1.29, 1.82) is 0 Å². The van der Waals surface area contributed by atoms with Crippen LogP contribution in [0.3, 0.4) is 0 Å². The predicted octanol–water partition coefficient (Wildman–Crippen LogP) is 0.624. The van der Waals surface area contributed by atoms with E-state index in [4.69, 9.17) is 20.7 Å². The Morgan fingerprint density at radius 1 is 1.60 bits per heavy atom. The van der Waals surface area contributed by atoms with Crippen LogP contribution in [-0.4, -0.2) is 23.3 Å². The first kappa shape index (κ1) is 11.3. The van der Waals surface area contributed by atoms with E-state index < -0.39 is 23.6 Å². The maximum atomic E-state index is 12.9. The van der Waals surface area contributed by atoms with Crippen molar-refractivity contribution >= 4 is 5.97 Å². The lowest BCUT2D eigenvalue weighted by molar-refractivity contribution is -0.138. The van der Waals surface area contributed by atoms with Gasteiger partial charge in [-0.2, -0.15) is 0 Å². The van der Waals surface area contributed by atoms with Gasteiger partial charge in [-0.15, -0.1) is 0 Å². The summed E-state index contributed by atoms with van der Waals surface area (Å²) in [4.78, 5) is 10.6. The lowest BCUT2D eigenvalue weighted by atomic mass is 10.1. The molecule has 0 bridgehead atoms. The molecule has 0 aromatic heterocycles. The predicted molar refractivity (Wildman–Crippen MR) is 49.2 cm³/mol. The molecule has 0 aliphatic carbocycles. The Morgan fingerprint density at radius 2 is 2.20 bits per heavy atom. The van der Waals surface area contributed by atoms with Crippen molar-refractivity contribution in [2.75, 3.05) is 7.11 Å². The number of phenols is 1. The highest BCUT2D eigenvalue weighted by molar-refractivity contribution is 5.76. The Balaban J connectivity index is 3.27. The first-order chi connectivity index (χ1) is 6.97. The van der Waals surface area contributed by atoms with Gasteiger partial charge in [0, 0.05) is 11.6 Å². The molecular weight excluding hydrogens is 205 g/mol. The van der Waals surface area contributed by atoms with Crippen LogP contribution >= 0.6 is 0 Å². The number of nitrogens with two attached hydrogens (primary N) is 1. The molecule has 1 unspecified atom stereocenters. The molecule has 1 atom stereocenters. The van der Waals surface area contributed by atoms with Crippen LogP contribution < -0.4 is 10.5 Å². The van der Waals surface area contributed by atoms with Crippen molar-refractivity contribution in [2.45, 2.75) is 6.04 Å². The molecular formula is C9H10FNO4. The maximum Gasteiger partial charge on any atom is 0.325 e. The van der Waals surface area contributed by atoms with E-state index in [1.54, 1.807) is 0 Å². The zero-order valence-electron chi connectivity index (χ0n) is 7.90. The third kappa shape index (κ3) is 2.16. The summed E-state index contributed by atoms with van der Waals surface area (Å²) in [5.74, 6) is -2.87. The molecule has 4 N–H and O–H groups in total. The molecule has 6 heteroatoms. The number of aromatic hydroxyl groups is 1. The fourth-order valence-corrected chi connectivity index (χ4v) is 1.11. The molecule has 15 heavy (non-hydrogen) atoms. The molecule has 82 valence electrons. The molecule has 1 aromatic rings. The smallest absolute Gasteiger partial charge is 0.325 e. The Labute approximate surface area is 84.9 Å². The number of rotatable bonds is 3. The van der Waals surface area contributed by atoms with Gasteiger partial charge in [0.1, 0.15) is 11.8 Å². The summed E-state index contributed by atoms with van der Waals surface area (Å²) in [6.45, 7) is 0. The lowest BCUT2D eigenvalue weighted by Crippen LogP contribution is -2.21. The lowest BCUT2D eigenvalue weighted by Gasteiger charge is -2.12. The summed E-state index contributed by atoms with van der Waals surface area (Å²) in [6, 6.07) is 0.451. The molecule has 0 spiro atoms. The minimum absolute atomic E-state index is 0.0137. The van der Waals surface area contributed by atoms with Gasteiger partial charge in [-0.05, 0) is 6.07 Å². The summed E-state index contributed by atoms with van der Waals surface area (Å²) in [6.07, 6.45) is 0. The minimum atomic E-state index is -1.37. The SMILES string of the molecule is COc1cc(F)c(O)cc1C(N)C(=O)O. The molecule has 5 nitrogen and oxygen atoms in total. The highest BCUT2D eigenvalue weighted by Crippen LogP contribution is 2.30. The maximum absolute atomic E-state index is 12.9. The molecule has 1 aromatic carbocycles. The van der Waals surface area contributed by atoms with Gasteiger partial charge >= 0.3 is 5.97 Å². The summed E-state index contributed by atoms with van der Waals surface area (Å²) < 4.78 is 17.7. The van der Waals surface area contributed by atoms with E-state index in [1.165, 1.54) is 7.11 Å². The second kappa shape index (κ2) is 4.14. The standard InChI is InChI=1S/C9H10FNO4/c1-15-7-3-5(10)6(12)2-4(7)8(11)9(13)14/h2-3,8,12H,11H2,1H3,(H,13,14). The van der Waals surface area contributed by atoms with Crippen LogP contribution in [0.4, 0.5) is 4.39 Å². The highest BCUT2D eigenvalue weighted by Gasteiger charge is 2.21. The van der Waals surface area contributed by atoms with Crippen LogP contribution in [0.25, 0.3) is 0 Å². The Bertz CT molecular complexity index is 394. The number of halogens is 1. The number of phenolic OH excluding ortho intramolecular Hbond substituents is 1. The average Bonchev–Trinajstić information content (AvgIpc) is 2.20. The van der Waals surface area contributed by atoms with Crippen LogP contribution in [-0.2, 0) is 4.79 Å². The topological polar surface area (TPSA) is 92.8 Å². The second-order valence-electron chi connectivity index (χ2n) is 2.86. The molecule has 0 radical (unpaired) electrons. The third-order valence-corrected chi connectivity index (χ3v) is 1.90. The average molecular weight is 215 g/mol. The van der Waals surface area contributed by atoms with Gasteiger partial charge in [-0.1, -0.05) is 0 Å². The number of hydrogen-bond acceptors (Lipinski definition) is 4. The largest absolute Gasteiger partial charge is 0.505 e. The zero-order valence-corrected chi connectivity index (χ0v) is 7.90. The van der Waals surface area contributed by atoms with Crippen molar-refractivity contribution in [2.24, 2.45) is 5.73 Å². The number of methoxy groups -OCH3 is 1. The van der Waals surface area contributed by atoms with Gasteiger partial charge in [-0.25, -0.2) is 4.39 Å².